The lowest BCUT2D eigenvalue weighted by molar-refractivity contribution is -0.133. The number of rotatable bonds is 5. The fourth-order valence-corrected chi connectivity index (χ4v) is 4.29. The van der Waals surface area contributed by atoms with Gasteiger partial charge in [-0.05, 0) is 42.7 Å². The summed E-state index contributed by atoms with van der Waals surface area (Å²) in [6.07, 6.45) is 3.94. The van der Waals surface area contributed by atoms with Crippen LogP contribution in [0.5, 0.6) is 0 Å². The summed E-state index contributed by atoms with van der Waals surface area (Å²) in [5, 5.41) is 11.5. The molecule has 3 heterocycles. The number of benzene rings is 1. The van der Waals surface area contributed by atoms with E-state index in [-0.39, 0.29) is 30.2 Å². The number of likely N-dealkylation sites (tertiary alicyclic amines) is 1. The van der Waals surface area contributed by atoms with Crippen molar-refractivity contribution in [1.29, 1.82) is 0 Å². The van der Waals surface area contributed by atoms with Gasteiger partial charge >= 0.3 is 0 Å². The maximum absolute atomic E-state index is 13.0. The molecule has 2 aromatic heterocycles. The van der Waals surface area contributed by atoms with Gasteiger partial charge in [-0.25, -0.2) is 0 Å². The molecule has 1 unspecified atom stereocenters. The number of nitrogens with zero attached hydrogens (tertiary/aromatic N) is 4. The predicted octanol–water partition coefficient (Wildman–Crippen LogP) is 3.47. The van der Waals surface area contributed by atoms with Crippen molar-refractivity contribution in [2.24, 2.45) is 0 Å². The Morgan fingerprint density at radius 3 is 2.57 bits per heavy atom. The molecule has 0 radical (unpaired) electrons. The first kappa shape index (κ1) is 20.5. The van der Waals surface area contributed by atoms with Crippen LogP contribution in [0.25, 0.3) is 5.65 Å². The van der Waals surface area contributed by atoms with Crippen LogP contribution < -0.4 is 5.32 Å². The molecule has 2 amide bonds. The van der Waals surface area contributed by atoms with Crippen LogP contribution in [-0.2, 0) is 9.59 Å². The fourth-order valence-electron chi connectivity index (χ4n) is 4.02. The Morgan fingerprint density at radius 2 is 1.87 bits per heavy atom. The Morgan fingerprint density at radius 1 is 1.13 bits per heavy atom. The third-order valence-corrected chi connectivity index (χ3v) is 6.11. The summed E-state index contributed by atoms with van der Waals surface area (Å²) in [5.41, 5.74) is 1.77. The van der Waals surface area contributed by atoms with Crippen molar-refractivity contribution in [3.63, 3.8) is 0 Å². The molecule has 3 aromatic rings. The molecule has 8 heteroatoms. The standard InChI is InChI=1S/C22H24BrN5O2/c1-15(29)24-19(16-5-7-18(23)8-6-16)14-21(30)27-12-9-17(10-13-27)22-26-25-20-4-2-3-11-28(20)22/h2-8,11,17,19H,9-10,12-14H2,1H3,(H,24,29). The second-order valence-corrected chi connectivity index (χ2v) is 8.57. The smallest absolute Gasteiger partial charge is 0.224 e. The molecule has 1 saturated heterocycles. The summed E-state index contributed by atoms with van der Waals surface area (Å²) in [4.78, 5) is 26.5. The second kappa shape index (κ2) is 8.95. The van der Waals surface area contributed by atoms with E-state index in [2.05, 4.69) is 31.4 Å². The highest BCUT2D eigenvalue weighted by Gasteiger charge is 2.28. The van der Waals surface area contributed by atoms with Gasteiger partial charge in [0.25, 0.3) is 0 Å². The van der Waals surface area contributed by atoms with E-state index in [1.165, 1.54) is 6.92 Å². The lowest BCUT2D eigenvalue weighted by Crippen LogP contribution is -2.40. The minimum absolute atomic E-state index is 0.0567. The van der Waals surface area contributed by atoms with Gasteiger partial charge in [0.15, 0.2) is 5.65 Å². The highest BCUT2D eigenvalue weighted by atomic mass is 79.9. The second-order valence-electron chi connectivity index (χ2n) is 7.65. The van der Waals surface area contributed by atoms with Gasteiger partial charge in [-0.3, -0.25) is 14.0 Å². The van der Waals surface area contributed by atoms with E-state index < -0.39 is 0 Å². The molecular formula is C22H24BrN5O2. The molecule has 1 atom stereocenters. The number of nitrogens with one attached hydrogen (secondary N) is 1. The average Bonchev–Trinajstić information content (AvgIpc) is 3.18. The minimum atomic E-state index is -0.332. The van der Waals surface area contributed by atoms with Crippen molar-refractivity contribution in [3.05, 3.63) is 64.5 Å². The maximum Gasteiger partial charge on any atom is 0.224 e. The molecule has 0 bridgehead atoms. The van der Waals surface area contributed by atoms with Gasteiger partial charge < -0.3 is 10.2 Å². The van der Waals surface area contributed by atoms with Gasteiger partial charge in [0.2, 0.25) is 11.8 Å². The van der Waals surface area contributed by atoms with Crippen LogP contribution in [0.4, 0.5) is 0 Å². The third-order valence-electron chi connectivity index (χ3n) is 5.58. The lowest BCUT2D eigenvalue weighted by Gasteiger charge is -2.32. The third kappa shape index (κ3) is 4.53. The van der Waals surface area contributed by atoms with Gasteiger partial charge in [0.1, 0.15) is 5.82 Å². The first-order valence-electron chi connectivity index (χ1n) is 10.1. The molecule has 1 aliphatic rings. The minimum Gasteiger partial charge on any atom is -0.349 e. The van der Waals surface area contributed by atoms with Crippen LogP contribution in [0.1, 0.15) is 49.5 Å². The lowest BCUT2D eigenvalue weighted by atomic mass is 9.95. The monoisotopic (exact) mass is 469 g/mol. The Kier molecular flexibility index (Phi) is 6.13. The Labute approximate surface area is 183 Å². The van der Waals surface area contributed by atoms with Crippen molar-refractivity contribution in [2.45, 2.75) is 38.1 Å². The molecule has 4 rings (SSSR count). The quantitative estimate of drug-likeness (QED) is 0.620. The average molecular weight is 470 g/mol. The van der Waals surface area contributed by atoms with Gasteiger partial charge in [0.05, 0.1) is 12.5 Å². The van der Waals surface area contributed by atoms with E-state index in [0.29, 0.717) is 13.1 Å². The normalized spacial score (nSPS) is 15.9. The van der Waals surface area contributed by atoms with E-state index in [1.807, 2.05) is 58.0 Å². The van der Waals surface area contributed by atoms with Gasteiger partial charge in [-0.2, -0.15) is 0 Å². The van der Waals surface area contributed by atoms with E-state index in [0.717, 1.165) is 34.3 Å². The van der Waals surface area contributed by atoms with Crippen LogP contribution in [0.3, 0.4) is 0 Å². The molecule has 7 nitrogen and oxygen atoms in total. The van der Waals surface area contributed by atoms with Gasteiger partial charge in [0, 0.05) is 36.6 Å². The first-order chi connectivity index (χ1) is 14.5. The van der Waals surface area contributed by atoms with Crippen molar-refractivity contribution >= 4 is 33.4 Å². The van der Waals surface area contributed by atoms with Crippen LogP contribution >= 0.6 is 15.9 Å². The van der Waals surface area contributed by atoms with Crippen LogP contribution in [-0.4, -0.2) is 44.4 Å². The number of aromatic nitrogens is 3. The van der Waals surface area contributed by atoms with Crippen molar-refractivity contribution in [3.8, 4) is 0 Å². The van der Waals surface area contributed by atoms with Gasteiger partial charge in [-0.15, -0.1) is 10.2 Å². The zero-order valence-electron chi connectivity index (χ0n) is 16.8. The number of hydrogen-bond acceptors (Lipinski definition) is 4. The molecule has 1 fully saturated rings. The Hall–Kier alpha value is -2.74. The number of hydrogen-bond donors (Lipinski definition) is 1. The predicted molar refractivity (Wildman–Crippen MR) is 117 cm³/mol. The molecule has 0 saturated carbocycles. The SMILES string of the molecule is CC(=O)NC(CC(=O)N1CCC(c2nnc3ccccn23)CC1)c1ccc(Br)cc1. The number of amides is 2. The Balaban J connectivity index is 1.40. The van der Waals surface area contributed by atoms with Crippen molar-refractivity contribution in [1.82, 2.24) is 24.8 Å². The number of carbonyl (C=O) groups is 2. The van der Waals surface area contributed by atoms with Gasteiger partial charge in [-0.1, -0.05) is 34.1 Å². The molecule has 30 heavy (non-hydrogen) atoms. The number of halogens is 1. The van der Waals surface area contributed by atoms with E-state index >= 15 is 0 Å². The van der Waals surface area contributed by atoms with Crippen molar-refractivity contribution < 1.29 is 9.59 Å². The molecule has 1 aromatic carbocycles. The molecule has 0 aliphatic carbocycles. The number of carbonyl (C=O) groups excluding carboxylic acids is 2. The van der Waals surface area contributed by atoms with Crippen LogP contribution in [0, 0.1) is 0 Å². The number of piperidine rings is 1. The Bertz CT molecular complexity index is 1040. The summed E-state index contributed by atoms with van der Waals surface area (Å²) in [6.45, 7) is 2.83. The molecule has 156 valence electrons. The summed E-state index contributed by atoms with van der Waals surface area (Å²) in [6, 6.07) is 13.2. The van der Waals surface area contributed by atoms with Crippen LogP contribution in [0.2, 0.25) is 0 Å². The van der Waals surface area contributed by atoms with Crippen molar-refractivity contribution in [2.75, 3.05) is 13.1 Å². The molecule has 1 N–H and O–H groups in total. The summed E-state index contributed by atoms with van der Waals surface area (Å²) in [5.74, 6) is 1.15. The molecular weight excluding hydrogens is 446 g/mol. The summed E-state index contributed by atoms with van der Waals surface area (Å²) in [7, 11) is 0. The summed E-state index contributed by atoms with van der Waals surface area (Å²) >= 11 is 3.42. The zero-order valence-corrected chi connectivity index (χ0v) is 18.4. The fraction of sp³-hybridized carbons (Fsp3) is 0.364. The zero-order chi connectivity index (χ0) is 21.1. The number of pyridine rings is 1. The van der Waals surface area contributed by atoms with E-state index in [4.69, 9.17) is 0 Å². The number of fused-ring (bicyclic) bond motifs is 1. The molecule has 0 spiro atoms. The highest BCUT2D eigenvalue weighted by Crippen LogP contribution is 2.28. The summed E-state index contributed by atoms with van der Waals surface area (Å²) < 4.78 is 2.99. The molecule has 1 aliphatic heterocycles. The topological polar surface area (TPSA) is 79.6 Å². The largest absolute Gasteiger partial charge is 0.349 e. The highest BCUT2D eigenvalue weighted by molar-refractivity contribution is 9.10. The van der Waals surface area contributed by atoms with E-state index in [1.54, 1.807) is 0 Å². The first-order valence-corrected chi connectivity index (χ1v) is 10.9. The van der Waals surface area contributed by atoms with Crippen LogP contribution in [0.15, 0.2) is 53.1 Å². The van der Waals surface area contributed by atoms with E-state index in [9.17, 15) is 9.59 Å². The maximum atomic E-state index is 13.0.